The van der Waals surface area contributed by atoms with Crippen molar-refractivity contribution in [2.24, 2.45) is 0 Å². The molecule has 3 unspecified atom stereocenters. The molecule has 1 saturated heterocycles. The van der Waals surface area contributed by atoms with Crippen LogP contribution in [0.5, 0.6) is 0 Å². The molecule has 1 aliphatic heterocycles. The molecule has 0 radical (unpaired) electrons. The van der Waals surface area contributed by atoms with Gasteiger partial charge in [0.2, 0.25) is 0 Å². The summed E-state index contributed by atoms with van der Waals surface area (Å²) in [6.07, 6.45) is 1.84. The predicted molar refractivity (Wildman–Crippen MR) is 126 cm³/mol. The Labute approximate surface area is 199 Å². The highest BCUT2D eigenvalue weighted by atomic mass is 16.6. The molecule has 5 atom stereocenters. The first-order valence-electron chi connectivity index (χ1n) is 12.5. The van der Waals surface area contributed by atoms with Gasteiger partial charge in [-0.05, 0) is 85.4 Å². The zero-order valence-corrected chi connectivity index (χ0v) is 20.9. The normalized spacial score (nSPS) is 21.7. The van der Waals surface area contributed by atoms with Crippen LogP contribution < -0.4 is 0 Å². The monoisotopic (exact) mass is 474 g/mol. The number of cyclic esters (lactones) is 2. The van der Waals surface area contributed by atoms with Crippen molar-refractivity contribution < 1.29 is 34.4 Å². The van der Waals surface area contributed by atoms with E-state index < -0.39 is 36.4 Å². The summed E-state index contributed by atoms with van der Waals surface area (Å²) in [6, 6.07) is 0. The van der Waals surface area contributed by atoms with Crippen LogP contribution in [0.25, 0.3) is 0 Å². The lowest BCUT2D eigenvalue weighted by molar-refractivity contribution is -0.196. The third kappa shape index (κ3) is 13.3. The fraction of sp³-hybridized carbons (Fsp3) is 0.917. The van der Waals surface area contributed by atoms with E-state index in [0.29, 0.717) is 45.4 Å². The van der Waals surface area contributed by atoms with Crippen molar-refractivity contribution in [3.05, 3.63) is 0 Å². The van der Waals surface area contributed by atoms with Gasteiger partial charge >= 0.3 is 11.9 Å². The quantitative estimate of drug-likeness (QED) is 0.200. The average Bonchev–Trinajstić information content (AvgIpc) is 2.70. The van der Waals surface area contributed by atoms with Crippen molar-refractivity contribution in [1.29, 1.82) is 0 Å². The predicted octanol–water partition coefficient (Wildman–Crippen LogP) is 1.32. The van der Waals surface area contributed by atoms with Crippen molar-refractivity contribution in [3.8, 4) is 0 Å². The number of carbonyl (C=O) groups is 2. The molecule has 9 nitrogen and oxygen atoms in total. The Morgan fingerprint density at radius 1 is 0.697 bits per heavy atom. The molecular weight excluding hydrogens is 428 g/mol. The van der Waals surface area contributed by atoms with Crippen LogP contribution in [0, 0.1) is 0 Å². The van der Waals surface area contributed by atoms with E-state index in [0.717, 1.165) is 38.8 Å². The van der Waals surface area contributed by atoms with Gasteiger partial charge < -0.3 is 29.7 Å². The Morgan fingerprint density at radius 3 is 1.48 bits per heavy atom. The Morgan fingerprint density at radius 2 is 1.09 bits per heavy atom. The Kier molecular flexibility index (Phi) is 14.8. The highest BCUT2D eigenvalue weighted by molar-refractivity contribution is 5.87. The average molecular weight is 475 g/mol. The maximum atomic E-state index is 12.3. The second-order valence-corrected chi connectivity index (χ2v) is 9.45. The van der Waals surface area contributed by atoms with Gasteiger partial charge in [-0.25, -0.2) is 9.59 Å². The first-order chi connectivity index (χ1) is 15.6. The molecule has 1 rings (SSSR count). The number of carbonyl (C=O) groups excluding carboxylic acids is 2. The fourth-order valence-corrected chi connectivity index (χ4v) is 4.20. The van der Waals surface area contributed by atoms with Crippen LogP contribution in [0.2, 0.25) is 0 Å². The van der Waals surface area contributed by atoms with Gasteiger partial charge in [-0.1, -0.05) is 6.92 Å². The second kappa shape index (κ2) is 16.4. The van der Waals surface area contributed by atoms with Crippen LogP contribution in [-0.4, -0.2) is 107 Å². The summed E-state index contributed by atoms with van der Waals surface area (Å²) >= 11 is 0. The second-order valence-electron chi connectivity index (χ2n) is 9.45. The smallest absolute Gasteiger partial charge is 0.348 e. The molecule has 3 N–H and O–H groups in total. The van der Waals surface area contributed by atoms with E-state index in [1.165, 1.54) is 0 Å². The number of rotatable bonds is 18. The summed E-state index contributed by atoms with van der Waals surface area (Å²) in [7, 11) is 0. The maximum Gasteiger partial charge on any atom is 0.348 e. The van der Waals surface area contributed by atoms with E-state index in [1.807, 2.05) is 4.90 Å². The molecule has 33 heavy (non-hydrogen) atoms. The third-order valence-electron chi connectivity index (χ3n) is 5.53. The van der Waals surface area contributed by atoms with E-state index in [1.54, 1.807) is 20.8 Å². The number of nitrogens with zero attached hydrogens (tertiary/aromatic N) is 2. The van der Waals surface area contributed by atoms with E-state index in [-0.39, 0.29) is 6.10 Å². The van der Waals surface area contributed by atoms with Crippen molar-refractivity contribution in [2.75, 3.05) is 39.3 Å². The van der Waals surface area contributed by atoms with E-state index in [2.05, 4.69) is 11.8 Å². The van der Waals surface area contributed by atoms with Crippen molar-refractivity contribution in [2.45, 2.75) is 103 Å². The van der Waals surface area contributed by atoms with Gasteiger partial charge in [-0.15, -0.1) is 0 Å². The molecule has 0 saturated carbocycles. The van der Waals surface area contributed by atoms with E-state index >= 15 is 0 Å². The number of aliphatic hydroxyl groups excluding tert-OH is 3. The van der Waals surface area contributed by atoms with Gasteiger partial charge in [-0.3, -0.25) is 4.90 Å². The summed E-state index contributed by atoms with van der Waals surface area (Å²) in [6.45, 7) is 11.3. The maximum absolute atomic E-state index is 12.3. The minimum atomic E-state index is -0.859. The zero-order chi connectivity index (χ0) is 24.8. The molecule has 0 aliphatic carbocycles. The first kappa shape index (κ1) is 29.8. The standard InChI is InChI=1S/C24H46N2O7/c1-5-12-25(15-18(2)27)13-8-6-10-21-23(30)33-22(24(31)32-21)11-7-9-14-26(16-19(3)28)17-20(4)29/h18-22,27-29H,5-17H2,1-4H3/t18-,19-,20?,21?,22?/m1/s1. The van der Waals surface area contributed by atoms with E-state index in [4.69, 9.17) is 9.47 Å². The van der Waals surface area contributed by atoms with E-state index in [9.17, 15) is 24.9 Å². The van der Waals surface area contributed by atoms with Gasteiger partial charge in [0.25, 0.3) is 0 Å². The fourth-order valence-electron chi connectivity index (χ4n) is 4.20. The minimum absolute atomic E-state index is 0.373. The number of hydrogen-bond acceptors (Lipinski definition) is 9. The van der Waals surface area contributed by atoms with Gasteiger partial charge in [0.15, 0.2) is 12.2 Å². The number of ether oxygens (including phenoxy) is 2. The van der Waals surface area contributed by atoms with Gasteiger partial charge in [-0.2, -0.15) is 0 Å². The topological polar surface area (TPSA) is 120 Å². The van der Waals surface area contributed by atoms with Crippen molar-refractivity contribution in [1.82, 2.24) is 9.80 Å². The van der Waals surface area contributed by atoms with Crippen LogP contribution in [0.4, 0.5) is 0 Å². The Hall–Kier alpha value is -1.26. The molecule has 0 aromatic rings. The molecule has 0 spiro atoms. The highest BCUT2D eigenvalue weighted by Gasteiger charge is 2.37. The highest BCUT2D eigenvalue weighted by Crippen LogP contribution is 2.19. The number of unbranched alkanes of at least 4 members (excludes halogenated alkanes) is 2. The lowest BCUT2D eigenvalue weighted by Gasteiger charge is -2.28. The first-order valence-corrected chi connectivity index (χ1v) is 12.5. The molecule has 0 amide bonds. The summed E-state index contributed by atoms with van der Waals surface area (Å²) < 4.78 is 10.7. The largest absolute Gasteiger partial charge is 0.448 e. The summed E-state index contributed by atoms with van der Waals surface area (Å²) in [5, 5.41) is 28.8. The number of esters is 2. The van der Waals surface area contributed by atoms with Crippen LogP contribution in [0.3, 0.4) is 0 Å². The van der Waals surface area contributed by atoms with Gasteiger partial charge in [0, 0.05) is 19.6 Å². The molecule has 1 heterocycles. The van der Waals surface area contributed by atoms with Crippen molar-refractivity contribution >= 4 is 11.9 Å². The molecule has 0 bridgehead atoms. The summed E-state index contributed by atoms with van der Waals surface area (Å²) in [5.41, 5.74) is 0. The molecule has 1 aliphatic rings. The number of hydrogen-bond donors (Lipinski definition) is 3. The minimum Gasteiger partial charge on any atom is -0.448 e. The number of aliphatic hydroxyl groups is 3. The van der Waals surface area contributed by atoms with Gasteiger partial charge in [0.1, 0.15) is 0 Å². The zero-order valence-electron chi connectivity index (χ0n) is 20.9. The summed E-state index contributed by atoms with van der Waals surface area (Å²) in [4.78, 5) is 28.8. The molecule has 194 valence electrons. The van der Waals surface area contributed by atoms with Gasteiger partial charge in [0.05, 0.1) is 18.3 Å². The molecule has 1 fully saturated rings. The molecule has 0 aromatic heterocycles. The molecule has 0 aromatic carbocycles. The lowest BCUT2D eigenvalue weighted by Crippen LogP contribution is -2.44. The Balaban J connectivity index is 2.32. The van der Waals surface area contributed by atoms with Crippen molar-refractivity contribution in [3.63, 3.8) is 0 Å². The van der Waals surface area contributed by atoms with Crippen LogP contribution in [0.1, 0.15) is 72.6 Å². The Bertz CT molecular complexity index is 547. The SMILES string of the molecule is CCCN(CCCCC1OC(=O)C(CCCCN(CC(C)O)C[C@@H](C)O)OC1=O)C[C@@H](C)O. The van der Waals surface area contributed by atoms with Crippen LogP contribution >= 0.6 is 0 Å². The third-order valence-corrected chi connectivity index (χ3v) is 5.53. The van der Waals surface area contributed by atoms with Crippen LogP contribution in [0.15, 0.2) is 0 Å². The molecular formula is C24H46N2O7. The molecule has 9 heteroatoms. The summed E-state index contributed by atoms with van der Waals surface area (Å²) in [5.74, 6) is -0.954. The van der Waals surface area contributed by atoms with Crippen LogP contribution in [-0.2, 0) is 19.1 Å². The lowest BCUT2D eigenvalue weighted by atomic mass is 10.1.